The van der Waals surface area contributed by atoms with Crippen molar-refractivity contribution in [2.45, 2.75) is 20.0 Å². The topological polar surface area (TPSA) is 128 Å². The van der Waals surface area contributed by atoms with Crippen LogP contribution in [-0.4, -0.2) is 34.1 Å². The number of nitrogens with one attached hydrogen (secondary N) is 2. The van der Waals surface area contributed by atoms with Crippen LogP contribution in [0.3, 0.4) is 0 Å². The van der Waals surface area contributed by atoms with Gasteiger partial charge in [-0.3, -0.25) is 15.5 Å². The number of hydrogen-bond donors (Lipinski definition) is 3. The number of rotatable bonds is 7. The van der Waals surface area contributed by atoms with E-state index in [0.717, 1.165) is 6.20 Å². The Hall–Kier alpha value is -2.00. The van der Waals surface area contributed by atoms with Crippen LogP contribution in [0, 0.1) is 10.1 Å². The Bertz CT molecular complexity index is 413. The molecule has 0 fully saturated rings. The van der Waals surface area contributed by atoms with E-state index in [-0.39, 0.29) is 23.6 Å². The molecular formula is C9H16N6O3. The molecule has 1 unspecified atom stereocenters. The van der Waals surface area contributed by atoms with Gasteiger partial charge >= 0.3 is 5.69 Å². The van der Waals surface area contributed by atoms with Gasteiger partial charge < -0.3 is 10.1 Å². The summed E-state index contributed by atoms with van der Waals surface area (Å²) in [5.41, 5.74) is 2.02. The lowest BCUT2D eigenvalue weighted by molar-refractivity contribution is -0.384. The molecule has 0 aromatic carbocycles. The van der Waals surface area contributed by atoms with Crippen molar-refractivity contribution in [3.63, 3.8) is 0 Å². The van der Waals surface area contributed by atoms with E-state index in [2.05, 4.69) is 20.7 Å². The predicted molar refractivity (Wildman–Crippen MR) is 66.1 cm³/mol. The van der Waals surface area contributed by atoms with Crippen LogP contribution in [-0.2, 0) is 4.74 Å². The second-order valence-corrected chi connectivity index (χ2v) is 3.48. The molecule has 1 atom stereocenters. The summed E-state index contributed by atoms with van der Waals surface area (Å²) >= 11 is 0. The van der Waals surface area contributed by atoms with Crippen molar-refractivity contribution in [3.8, 4) is 0 Å². The van der Waals surface area contributed by atoms with Crippen LogP contribution in [0.2, 0.25) is 0 Å². The normalized spacial score (nSPS) is 11.9. The SMILES string of the molecule is CCOC(C)CNc1nc(NN)ncc1[N+](=O)[O-]. The first-order valence-corrected chi connectivity index (χ1v) is 5.42. The fourth-order valence-corrected chi connectivity index (χ4v) is 1.29. The van der Waals surface area contributed by atoms with E-state index >= 15 is 0 Å². The largest absolute Gasteiger partial charge is 0.377 e. The van der Waals surface area contributed by atoms with Crippen LogP contribution in [0.25, 0.3) is 0 Å². The molecule has 1 rings (SSSR count). The van der Waals surface area contributed by atoms with Crippen LogP contribution < -0.4 is 16.6 Å². The zero-order valence-electron chi connectivity index (χ0n) is 10.2. The molecule has 0 radical (unpaired) electrons. The van der Waals surface area contributed by atoms with E-state index in [4.69, 9.17) is 10.6 Å². The Morgan fingerprint density at radius 3 is 2.94 bits per heavy atom. The van der Waals surface area contributed by atoms with Gasteiger partial charge in [-0.15, -0.1) is 0 Å². The highest BCUT2D eigenvalue weighted by atomic mass is 16.6. The van der Waals surface area contributed by atoms with Crippen molar-refractivity contribution < 1.29 is 9.66 Å². The highest BCUT2D eigenvalue weighted by molar-refractivity contribution is 5.56. The maximum absolute atomic E-state index is 10.8. The fourth-order valence-electron chi connectivity index (χ4n) is 1.29. The first-order valence-electron chi connectivity index (χ1n) is 5.42. The molecule has 0 saturated heterocycles. The fraction of sp³-hybridized carbons (Fsp3) is 0.556. The van der Waals surface area contributed by atoms with Gasteiger partial charge in [-0.05, 0) is 13.8 Å². The van der Waals surface area contributed by atoms with Crippen molar-refractivity contribution in [3.05, 3.63) is 16.3 Å². The summed E-state index contributed by atoms with van der Waals surface area (Å²) in [6, 6.07) is 0. The van der Waals surface area contributed by atoms with Crippen molar-refractivity contribution in [1.29, 1.82) is 0 Å². The number of hydrogen-bond acceptors (Lipinski definition) is 8. The predicted octanol–water partition coefficient (Wildman–Crippen LogP) is 0.507. The molecule has 9 heteroatoms. The zero-order valence-corrected chi connectivity index (χ0v) is 10.2. The smallest absolute Gasteiger partial charge is 0.329 e. The number of anilines is 2. The van der Waals surface area contributed by atoms with Gasteiger partial charge in [0.25, 0.3) is 0 Å². The minimum atomic E-state index is -0.562. The van der Waals surface area contributed by atoms with Gasteiger partial charge in [0.2, 0.25) is 11.8 Å². The summed E-state index contributed by atoms with van der Waals surface area (Å²) in [4.78, 5) is 17.8. The molecule has 100 valence electrons. The van der Waals surface area contributed by atoms with Crippen molar-refractivity contribution >= 4 is 17.5 Å². The third-order valence-electron chi connectivity index (χ3n) is 2.10. The van der Waals surface area contributed by atoms with Crippen molar-refractivity contribution in [2.75, 3.05) is 23.9 Å². The van der Waals surface area contributed by atoms with E-state index in [0.29, 0.717) is 13.2 Å². The Kier molecular flexibility index (Phi) is 5.21. The van der Waals surface area contributed by atoms with E-state index in [1.54, 1.807) is 0 Å². The monoisotopic (exact) mass is 256 g/mol. The molecule has 1 heterocycles. The average Bonchev–Trinajstić information content (AvgIpc) is 2.36. The molecule has 4 N–H and O–H groups in total. The Morgan fingerprint density at radius 2 is 2.39 bits per heavy atom. The van der Waals surface area contributed by atoms with Crippen molar-refractivity contribution in [2.24, 2.45) is 5.84 Å². The molecule has 0 saturated carbocycles. The van der Waals surface area contributed by atoms with Gasteiger partial charge in [-0.25, -0.2) is 10.8 Å². The Balaban J connectivity index is 2.80. The molecule has 0 aliphatic heterocycles. The highest BCUT2D eigenvalue weighted by Crippen LogP contribution is 2.21. The van der Waals surface area contributed by atoms with E-state index < -0.39 is 4.92 Å². The third-order valence-corrected chi connectivity index (χ3v) is 2.10. The highest BCUT2D eigenvalue weighted by Gasteiger charge is 2.17. The molecule has 1 aromatic heterocycles. The van der Waals surface area contributed by atoms with Crippen LogP contribution in [0.1, 0.15) is 13.8 Å². The van der Waals surface area contributed by atoms with Gasteiger partial charge in [0.1, 0.15) is 6.20 Å². The molecule has 9 nitrogen and oxygen atoms in total. The minimum Gasteiger partial charge on any atom is -0.377 e. The lowest BCUT2D eigenvalue weighted by Gasteiger charge is -2.13. The van der Waals surface area contributed by atoms with Gasteiger partial charge in [0.15, 0.2) is 0 Å². The molecule has 0 aliphatic carbocycles. The molecule has 0 aliphatic rings. The quantitative estimate of drug-likeness (QED) is 0.365. The molecule has 1 aromatic rings. The first-order chi connectivity index (χ1) is 8.58. The number of nitrogen functional groups attached to an aromatic ring is 1. The summed E-state index contributed by atoms with van der Waals surface area (Å²) in [6.45, 7) is 4.70. The standard InChI is InChI=1S/C9H16N6O3/c1-3-18-6(2)4-11-8-7(15(16)17)5-12-9(13-8)14-10/h5-6H,3-4,10H2,1-2H3,(H2,11,12,13,14). The van der Waals surface area contributed by atoms with Crippen LogP contribution in [0.5, 0.6) is 0 Å². The third kappa shape index (κ3) is 3.79. The van der Waals surface area contributed by atoms with Gasteiger partial charge in [-0.2, -0.15) is 4.98 Å². The zero-order chi connectivity index (χ0) is 13.5. The number of hydrazine groups is 1. The lowest BCUT2D eigenvalue weighted by atomic mass is 10.4. The molecule has 0 spiro atoms. The summed E-state index contributed by atoms with van der Waals surface area (Å²) in [5, 5.41) is 13.6. The molecule has 0 bridgehead atoms. The molecule has 0 amide bonds. The van der Waals surface area contributed by atoms with Crippen LogP contribution in [0.15, 0.2) is 6.20 Å². The van der Waals surface area contributed by atoms with E-state index in [1.807, 2.05) is 13.8 Å². The summed E-state index contributed by atoms with van der Waals surface area (Å²) in [5.74, 6) is 5.36. The second-order valence-electron chi connectivity index (χ2n) is 3.48. The number of ether oxygens (including phenoxy) is 1. The molecule has 18 heavy (non-hydrogen) atoms. The summed E-state index contributed by atoms with van der Waals surface area (Å²) < 4.78 is 5.30. The molecular weight excluding hydrogens is 240 g/mol. The van der Waals surface area contributed by atoms with Gasteiger partial charge in [0.05, 0.1) is 11.0 Å². The number of nitrogens with two attached hydrogens (primary N) is 1. The first kappa shape index (κ1) is 14.1. The number of nitro groups is 1. The average molecular weight is 256 g/mol. The number of nitrogens with zero attached hydrogens (tertiary/aromatic N) is 3. The minimum absolute atomic E-state index is 0.0844. The summed E-state index contributed by atoms with van der Waals surface area (Å²) in [6.07, 6.45) is 1.01. The van der Waals surface area contributed by atoms with Gasteiger partial charge in [-0.1, -0.05) is 0 Å². The Morgan fingerprint density at radius 1 is 1.67 bits per heavy atom. The Labute approximate surface area is 104 Å². The van der Waals surface area contributed by atoms with E-state index in [9.17, 15) is 10.1 Å². The van der Waals surface area contributed by atoms with Crippen molar-refractivity contribution in [1.82, 2.24) is 9.97 Å². The van der Waals surface area contributed by atoms with E-state index in [1.165, 1.54) is 0 Å². The van der Waals surface area contributed by atoms with Crippen LogP contribution >= 0.6 is 0 Å². The summed E-state index contributed by atoms with van der Waals surface area (Å²) in [7, 11) is 0. The maximum atomic E-state index is 10.8. The number of aromatic nitrogens is 2. The maximum Gasteiger partial charge on any atom is 0.329 e. The second kappa shape index (κ2) is 6.67. The lowest BCUT2D eigenvalue weighted by Crippen LogP contribution is -2.21. The van der Waals surface area contributed by atoms with Crippen LogP contribution in [0.4, 0.5) is 17.5 Å². The van der Waals surface area contributed by atoms with Gasteiger partial charge in [0, 0.05) is 13.2 Å².